The zero-order valence-electron chi connectivity index (χ0n) is 11.3. The molecule has 1 unspecified atom stereocenters. The van der Waals surface area contributed by atoms with Gasteiger partial charge in [-0.1, -0.05) is 35.9 Å². The van der Waals surface area contributed by atoms with Crippen LogP contribution in [0.1, 0.15) is 27.6 Å². The van der Waals surface area contributed by atoms with E-state index < -0.39 is 6.10 Å². The molecule has 0 bridgehead atoms. The predicted octanol–water partition coefficient (Wildman–Crippen LogP) is 3.67. The Morgan fingerprint density at radius 2 is 1.85 bits per heavy atom. The van der Waals surface area contributed by atoms with Crippen molar-refractivity contribution in [1.82, 2.24) is 0 Å². The molecule has 1 aliphatic rings. The zero-order valence-corrected chi connectivity index (χ0v) is 12.0. The van der Waals surface area contributed by atoms with Gasteiger partial charge in [-0.3, -0.25) is 0 Å². The van der Waals surface area contributed by atoms with Crippen molar-refractivity contribution in [1.29, 1.82) is 0 Å². The predicted molar refractivity (Wildman–Crippen MR) is 79.5 cm³/mol. The van der Waals surface area contributed by atoms with E-state index in [1.807, 2.05) is 55.4 Å². The van der Waals surface area contributed by atoms with E-state index in [0.717, 1.165) is 16.8 Å². The monoisotopic (exact) mass is 287 g/mol. The molecule has 0 saturated carbocycles. The van der Waals surface area contributed by atoms with E-state index >= 15 is 0 Å². The Hall–Kier alpha value is -2.00. The van der Waals surface area contributed by atoms with Gasteiger partial charge in [0.1, 0.15) is 0 Å². The minimum Gasteiger partial charge on any atom is -0.449 e. The molecule has 2 aromatic carbocycles. The molecule has 0 N–H and O–H groups in total. The smallest absolute Gasteiger partial charge is 0.339 e. The Labute approximate surface area is 122 Å². The zero-order chi connectivity index (χ0) is 14.3. The first-order valence-electron chi connectivity index (χ1n) is 6.34. The quantitative estimate of drug-likeness (QED) is 0.790. The van der Waals surface area contributed by atoms with Crippen molar-refractivity contribution in [3.8, 4) is 0 Å². The molecule has 1 aliphatic heterocycles. The van der Waals surface area contributed by atoms with Gasteiger partial charge >= 0.3 is 5.97 Å². The van der Waals surface area contributed by atoms with E-state index in [9.17, 15) is 4.79 Å². The highest BCUT2D eigenvalue weighted by molar-refractivity contribution is 6.31. The number of cyclic esters (lactones) is 1. The fourth-order valence-electron chi connectivity index (χ4n) is 2.38. The van der Waals surface area contributed by atoms with Crippen LogP contribution >= 0.6 is 11.6 Å². The van der Waals surface area contributed by atoms with E-state index in [-0.39, 0.29) is 5.97 Å². The second kappa shape index (κ2) is 4.84. The van der Waals surface area contributed by atoms with Gasteiger partial charge in [-0.15, -0.1) is 0 Å². The first kappa shape index (κ1) is 13.0. The van der Waals surface area contributed by atoms with E-state index in [2.05, 4.69) is 0 Å². The molecule has 0 aromatic heterocycles. The summed E-state index contributed by atoms with van der Waals surface area (Å²) in [6, 6.07) is 13.2. The average molecular weight is 288 g/mol. The summed E-state index contributed by atoms with van der Waals surface area (Å²) in [6.07, 6.45) is -0.414. The molecule has 102 valence electrons. The van der Waals surface area contributed by atoms with Crippen LogP contribution in [0.25, 0.3) is 0 Å². The highest BCUT2D eigenvalue weighted by atomic mass is 35.5. The first-order valence-corrected chi connectivity index (χ1v) is 6.72. The molecule has 0 amide bonds. The fourth-order valence-corrected chi connectivity index (χ4v) is 2.66. The van der Waals surface area contributed by atoms with E-state index in [1.54, 1.807) is 6.07 Å². The van der Waals surface area contributed by atoms with Crippen LogP contribution in [0, 0.1) is 0 Å². The number of carbonyl (C=O) groups excluding carboxylic acids is 1. The van der Waals surface area contributed by atoms with Crippen LogP contribution < -0.4 is 4.90 Å². The Bertz CT molecular complexity index is 682. The SMILES string of the molecule is CN(C)c1ccc(C2OC(=O)c3ccccc32)c(Cl)c1. The summed E-state index contributed by atoms with van der Waals surface area (Å²) < 4.78 is 5.46. The lowest BCUT2D eigenvalue weighted by Crippen LogP contribution is -2.09. The molecule has 0 aliphatic carbocycles. The van der Waals surface area contributed by atoms with Crippen molar-refractivity contribution in [2.24, 2.45) is 0 Å². The van der Waals surface area contributed by atoms with Gasteiger partial charge in [0.15, 0.2) is 6.10 Å². The van der Waals surface area contributed by atoms with Gasteiger partial charge in [-0.25, -0.2) is 4.79 Å². The van der Waals surface area contributed by atoms with Crippen molar-refractivity contribution in [3.05, 3.63) is 64.2 Å². The van der Waals surface area contributed by atoms with Crippen molar-refractivity contribution in [3.63, 3.8) is 0 Å². The van der Waals surface area contributed by atoms with Crippen LogP contribution in [-0.4, -0.2) is 20.1 Å². The number of hydrogen-bond acceptors (Lipinski definition) is 3. The molecule has 1 heterocycles. The van der Waals surface area contributed by atoms with Crippen molar-refractivity contribution in [2.45, 2.75) is 6.10 Å². The molecule has 20 heavy (non-hydrogen) atoms. The topological polar surface area (TPSA) is 29.5 Å². The number of nitrogens with zero attached hydrogens (tertiary/aromatic N) is 1. The molecular weight excluding hydrogens is 274 g/mol. The van der Waals surface area contributed by atoms with Gasteiger partial charge in [0.25, 0.3) is 0 Å². The Morgan fingerprint density at radius 3 is 2.55 bits per heavy atom. The lowest BCUT2D eigenvalue weighted by Gasteiger charge is -2.17. The molecule has 2 aromatic rings. The Balaban J connectivity index is 2.05. The number of rotatable bonds is 2. The number of halogens is 1. The lowest BCUT2D eigenvalue weighted by molar-refractivity contribution is 0.0456. The minimum atomic E-state index is -0.414. The van der Waals surface area contributed by atoms with E-state index in [1.165, 1.54) is 0 Å². The second-order valence-corrected chi connectivity index (χ2v) is 5.38. The number of ether oxygens (including phenoxy) is 1. The third-order valence-electron chi connectivity index (χ3n) is 3.47. The van der Waals surface area contributed by atoms with Gasteiger partial charge < -0.3 is 9.64 Å². The maximum Gasteiger partial charge on any atom is 0.339 e. The highest BCUT2D eigenvalue weighted by Crippen LogP contribution is 2.39. The molecular formula is C16H14ClNO2. The molecule has 4 heteroatoms. The number of benzene rings is 2. The van der Waals surface area contributed by atoms with Gasteiger partial charge in [0.2, 0.25) is 0 Å². The molecule has 0 saturated heterocycles. The maximum atomic E-state index is 11.9. The first-order chi connectivity index (χ1) is 9.58. The number of carbonyl (C=O) groups is 1. The van der Waals surface area contributed by atoms with Crippen LogP contribution in [0.15, 0.2) is 42.5 Å². The molecule has 0 spiro atoms. The average Bonchev–Trinajstić information content (AvgIpc) is 2.76. The minimum absolute atomic E-state index is 0.293. The Kier molecular flexibility index (Phi) is 3.14. The summed E-state index contributed by atoms with van der Waals surface area (Å²) in [6.45, 7) is 0. The van der Waals surface area contributed by atoms with Crippen molar-refractivity contribution in [2.75, 3.05) is 19.0 Å². The number of anilines is 1. The van der Waals surface area contributed by atoms with Crippen molar-refractivity contribution < 1.29 is 9.53 Å². The van der Waals surface area contributed by atoms with Crippen LogP contribution in [-0.2, 0) is 4.74 Å². The van der Waals surface area contributed by atoms with Gasteiger partial charge in [-0.05, 0) is 18.2 Å². The summed E-state index contributed by atoms with van der Waals surface area (Å²) in [5.41, 5.74) is 3.31. The van der Waals surface area contributed by atoms with Crippen LogP contribution in [0.3, 0.4) is 0 Å². The van der Waals surface area contributed by atoms with Crippen LogP contribution in [0.4, 0.5) is 5.69 Å². The van der Waals surface area contributed by atoms with Gasteiger partial charge in [-0.2, -0.15) is 0 Å². The van der Waals surface area contributed by atoms with Crippen molar-refractivity contribution >= 4 is 23.3 Å². The van der Waals surface area contributed by atoms with Gasteiger partial charge in [0, 0.05) is 35.9 Å². The summed E-state index contributed by atoms with van der Waals surface area (Å²) in [4.78, 5) is 13.8. The number of hydrogen-bond donors (Lipinski definition) is 0. The third kappa shape index (κ3) is 2.04. The molecule has 3 nitrogen and oxygen atoms in total. The number of esters is 1. The molecule has 0 radical (unpaired) electrons. The van der Waals surface area contributed by atoms with E-state index in [4.69, 9.17) is 16.3 Å². The van der Waals surface area contributed by atoms with Gasteiger partial charge in [0.05, 0.1) is 5.56 Å². The lowest BCUT2D eigenvalue weighted by atomic mass is 9.99. The fraction of sp³-hybridized carbons (Fsp3) is 0.188. The Morgan fingerprint density at radius 1 is 1.10 bits per heavy atom. The standard InChI is InChI=1S/C16H14ClNO2/c1-18(2)10-7-8-13(14(17)9-10)15-11-5-3-4-6-12(11)16(19)20-15/h3-9,15H,1-2H3. The maximum absolute atomic E-state index is 11.9. The highest BCUT2D eigenvalue weighted by Gasteiger charge is 2.32. The molecule has 3 rings (SSSR count). The third-order valence-corrected chi connectivity index (χ3v) is 3.80. The van der Waals surface area contributed by atoms with Crippen LogP contribution in [0.2, 0.25) is 5.02 Å². The summed E-state index contributed by atoms with van der Waals surface area (Å²) >= 11 is 6.35. The summed E-state index contributed by atoms with van der Waals surface area (Å²) in [7, 11) is 3.91. The molecule has 0 fully saturated rings. The van der Waals surface area contributed by atoms with Crippen LogP contribution in [0.5, 0.6) is 0 Å². The normalized spacial score (nSPS) is 16.8. The largest absolute Gasteiger partial charge is 0.449 e. The number of fused-ring (bicyclic) bond motifs is 1. The summed E-state index contributed by atoms with van der Waals surface area (Å²) in [5.74, 6) is -0.293. The van der Waals surface area contributed by atoms with E-state index in [0.29, 0.717) is 10.6 Å². The molecule has 1 atom stereocenters. The second-order valence-electron chi connectivity index (χ2n) is 4.97. The summed E-state index contributed by atoms with van der Waals surface area (Å²) in [5, 5.41) is 0.603.